The molecule has 0 saturated carbocycles. The third kappa shape index (κ3) is 3.48. The molecule has 0 fully saturated rings. The van der Waals surface area contributed by atoms with Crippen molar-refractivity contribution in [2.45, 2.75) is 19.5 Å². The Labute approximate surface area is 140 Å². The Balaban J connectivity index is 1.77. The first-order valence-corrected chi connectivity index (χ1v) is 7.74. The van der Waals surface area contributed by atoms with Crippen LogP contribution in [0.1, 0.15) is 34.6 Å². The number of benzene rings is 1. The zero-order valence-corrected chi connectivity index (χ0v) is 13.7. The highest BCUT2D eigenvalue weighted by Gasteiger charge is 2.20. The summed E-state index contributed by atoms with van der Waals surface area (Å²) in [4.78, 5) is 22.6. The van der Waals surface area contributed by atoms with Crippen LogP contribution in [0.3, 0.4) is 0 Å². The smallest absolute Gasteiger partial charge is 0.254 e. The van der Waals surface area contributed by atoms with Gasteiger partial charge in [0.1, 0.15) is 6.33 Å². The second-order valence-corrected chi connectivity index (χ2v) is 5.63. The zero-order valence-electron chi connectivity index (χ0n) is 13.7. The van der Waals surface area contributed by atoms with Gasteiger partial charge in [-0.05, 0) is 36.8 Å². The van der Waals surface area contributed by atoms with Crippen molar-refractivity contribution in [3.63, 3.8) is 0 Å². The Hall–Kier alpha value is -3.02. The van der Waals surface area contributed by atoms with Crippen LogP contribution in [0.15, 0.2) is 61.3 Å². The molecule has 0 bridgehead atoms. The molecule has 24 heavy (non-hydrogen) atoms. The molecule has 122 valence electrons. The molecule has 0 unspecified atom stereocenters. The molecule has 0 saturated heterocycles. The summed E-state index contributed by atoms with van der Waals surface area (Å²) >= 11 is 0. The Bertz CT molecular complexity index is 801. The molecule has 1 atom stereocenters. The van der Waals surface area contributed by atoms with E-state index in [1.165, 1.54) is 6.33 Å². The predicted octanol–water partition coefficient (Wildman–Crippen LogP) is 2.55. The van der Waals surface area contributed by atoms with Crippen molar-refractivity contribution >= 4 is 5.91 Å². The molecule has 6 heteroatoms. The fraction of sp³-hybridized carbons (Fsp3) is 0.222. The molecule has 1 amide bonds. The maximum atomic E-state index is 12.8. The first kappa shape index (κ1) is 15.9. The van der Waals surface area contributed by atoms with Crippen LogP contribution in [0.25, 0.3) is 0 Å². The van der Waals surface area contributed by atoms with Gasteiger partial charge in [0.2, 0.25) is 0 Å². The average Bonchev–Trinajstić information content (AvgIpc) is 3.14. The maximum Gasteiger partial charge on any atom is 0.254 e. The first-order valence-electron chi connectivity index (χ1n) is 7.74. The molecule has 2 heterocycles. The molecule has 0 N–H and O–H groups in total. The summed E-state index contributed by atoms with van der Waals surface area (Å²) in [5, 5.41) is 4.20. The average molecular weight is 321 g/mol. The standard InChI is InChI=1S/C18H19N5O/c1-14(17-7-9-19-13-20-17)22(2)18(24)16-6-3-5-15(11-16)12-23-10-4-8-21-23/h3-11,13-14H,12H2,1-2H3/t14-/m1/s1. The number of aromatic nitrogens is 4. The number of nitrogens with zero attached hydrogens (tertiary/aromatic N) is 5. The van der Waals surface area contributed by atoms with Gasteiger partial charge in [-0.15, -0.1) is 0 Å². The van der Waals surface area contributed by atoms with Crippen LogP contribution < -0.4 is 0 Å². The summed E-state index contributed by atoms with van der Waals surface area (Å²) in [5.41, 5.74) is 2.50. The summed E-state index contributed by atoms with van der Waals surface area (Å²) in [6.07, 6.45) is 6.82. The molecule has 3 rings (SSSR count). The topological polar surface area (TPSA) is 63.9 Å². The normalized spacial score (nSPS) is 11.9. The number of carbonyl (C=O) groups is 1. The van der Waals surface area contributed by atoms with Gasteiger partial charge in [-0.2, -0.15) is 5.10 Å². The van der Waals surface area contributed by atoms with Crippen LogP contribution in [0.2, 0.25) is 0 Å². The van der Waals surface area contributed by atoms with Crippen molar-refractivity contribution in [2.75, 3.05) is 7.05 Å². The van der Waals surface area contributed by atoms with Gasteiger partial charge in [-0.25, -0.2) is 9.97 Å². The maximum absolute atomic E-state index is 12.8. The Morgan fingerprint density at radius 1 is 1.25 bits per heavy atom. The van der Waals surface area contributed by atoms with E-state index in [9.17, 15) is 4.79 Å². The van der Waals surface area contributed by atoms with Crippen LogP contribution in [-0.2, 0) is 6.54 Å². The van der Waals surface area contributed by atoms with Gasteiger partial charge >= 0.3 is 0 Å². The first-order chi connectivity index (χ1) is 11.6. The minimum absolute atomic E-state index is 0.0385. The van der Waals surface area contributed by atoms with Crippen molar-refractivity contribution in [1.82, 2.24) is 24.6 Å². The van der Waals surface area contributed by atoms with E-state index in [-0.39, 0.29) is 11.9 Å². The van der Waals surface area contributed by atoms with Crippen molar-refractivity contribution in [3.05, 3.63) is 78.1 Å². The number of rotatable bonds is 5. The van der Waals surface area contributed by atoms with Gasteiger partial charge in [-0.1, -0.05) is 12.1 Å². The highest BCUT2D eigenvalue weighted by Crippen LogP contribution is 2.19. The fourth-order valence-corrected chi connectivity index (χ4v) is 2.51. The van der Waals surface area contributed by atoms with E-state index in [1.54, 1.807) is 24.3 Å². The highest BCUT2D eigenvalue weighted by atomic mass is 16.2. The number of hydrogen-bond acceptors (Lipinski definition) is 4. The van der Waals surface area contributed by atoms with Crippen LogP contribution in [-0.4, -0.2) is 37.6 Å². The largest absolute Gasteiger partial charge is 0.333 e. The third-order valence-corrected chi connectivity index (χ3v) is 4.01. The zero-order chi connectivity index (χ0) is 16.9. The van der Waals surface area contributed by atoms with Gasteiger partial charge in [0.15, 0.2) is 0 Å². The summed E-state index contributed by atoms with van der Waals surface area (Å²) in [6.45, 7) is 2.59. The lowest BCUT2D eigenvalue weighted by molar-refractivity contribution is 0.0739. The van der Waals surface area contributed by atoms with Gasteiger partial charge < -0.3 is 4.90 Å². The van der Waals surface area contributed by atoms with E-state index in [0.29, 0.717) is 12.1 Å². The van der Waals surface area contributed by atoms with Crippen LogP contribution in [0.5, 0.6) is 0 Å². The Morgan fingerprint density at radius 2 is 2.12 bits per heavy atom. The monoisotopic (exact) mass is 321 g/mol. The summed E-state index contributed by atoms with van der Waals surface area (Å²) in [7, 11) is 1.79. The molecule has 3 aromatic rings. The van der Waals surface area contributed by atoms with Crippen molar-refractivity contribution in [2.24, 2.45) is 0 Å². The Kier molecular flexibility index (Phi) is 4.65. The van der Waals surface area contributed by atoms with Crippen LogP contribution >= 0.6 is 0 Å². The molecule has 0 aliphatic rings. The molecule has 0 aliphatic heterocycles. The Morgan fingerprint density at radius 3 is 2.83 bits per heavy atom. The minimum Gasteiger partial charge on any atom is -0.333 e. The third-order valence-electron chi connectivity index (χ3n) is 4.01. The molecule has 0 spiro atoms. The van der Waals surface area contributed by atoms with Gasteiger partial charge in [-0.3, -0.25) is 9.48 Å². The quantitative estimate of drug-likeness (QED) is 0.724. The number of amides is 1. The number of hydrogen-bond donors (Lipinski definition) is 0. The molecule has 0 radical (unpaired) electrons. The second-order valence-electron chi connectivity index (χ2n) is 5.63. The minimum atomic E-state index is -0.129. The fourth-order valence-electron chi connectivity index (χ4n) is 2.51. The van der Waals surface area contributed by atoms with Crippen molar-refractivity contribution in [1.29, 1.82) is 0 Å². The van der Waals surface area contributed by atoms with Gasteiger partial charge in [0.25, 0.3) is 5.91 Å². The lowest BCUT2D eigenvalue weighted by Crippen LogP contribution is -2.30. The molecular formula is C18H19N5O. The van der Waals surface area contributed by atoms with Crippen LogP contribution in [0, 0.1) is 0 Å². The summed E-state index contributed by atoms with van der Waals surface area (Å²) in [6, 6.07) is 11.2. The van der Waals surface area contributed by atoms with Crippen LogP contribution in [0.4, 0.5) is 0 Å². The van der Waals surface area contributed by atoms with Gasteiger partial charge in [0.05, 0.1) is 18.3 Å². The summed E-state index contributed by atoms with van der Waals surface area (Å²) < 4.78 is 1.83. The van der Waals surface area contributed by atoms with Crippen molar-refractivity contribution in [3.8, 4) is 0 Å². The van der Waals surface area contributed by atoms with E-state index < -0.39 is 0 Å². The molecule has 6 nitrogen and oxygen atoms in total. The molecular weight excluding hydrogens is 302 g/mol. The van der Waals surface area contributed by atoms with E-state index in [1.807, 2.05) is 54.2 Å². The van der Waals surface area contributed by atoms with E-state index in [2.05, 4.69) is 15.1 Å². The molecule has 2 aromatic heterocycles. The summed E-state index contributed by atoms with van der Waals surface area (Å²) in [5.74, 6) is -0.0385. The lowest BCUT2D eigenvalue weighted by Gasteiger charge is -2.24. The molecule has 0 aliphatic carbocycles. The van der Waals surface area contributed by atoms with E-state index in [0.717, 1.165) is 11.3 Å². The second kappa shape index (κ2) is 7.04. The SMILES string of the molecule is C[C@H](c1ccncn1)N(C)C(=O)c1cccc(Cn2cccn2)c1. The predicted molar refractivity (Wildman–Crippen MR) is 90.3 cm³/mol. The number of carbonyl (C=O) groups excluding carboxylic acids is 1. The molecule has 1 aromatic carbocycles. The van der Waals surface area contributed by atoms with Crippen molar-refractivity contribution < 1.29 is 4.79 Å². The van der Waals surface area contributed by atoms with Gasteiger partial charge in [0, 0.05) is 31.2 Å². The van der Waals surface area contributed by atoms with E-state index in [4.69, 9.17) is 0 Å². The van der Waals surface area contributed by atoms with E-state index >= 15 is 0 Å². The lowest BCUT2D eigenvalue weighted by atomic mass is 10.1. The highest BCUT2D eigenvalue weighted by molar-refractivity contribution is 5.94.